The van der Waals surface area contributed by atoms with Crippen molar-refractivity contribution in [1.82, 2.24) is 0 Å². The first kappa shape index (κ1) is 14.6. The molecule has 0 amide bonds. The van der Waals surface area contributed by atoms with Gasteiger partial charge in [0.2, 0.25) is 0 Å². The van der Waals surface area contributed by atoms with E-state index >= 15 is 0 Å². The Hall–Kier alpha value is -2.37. The Bertz CT molecular complexity index is 906. The maximum Gasteiger partial charge on any atom is 0.294 e. The van der Waals surface area contributed by atoms with Gasteiger partial charge in [-0.25, -0.2) is 0 Å². The molecular weight excluding hydrogens is 298 g/mol. The van der Waals surface area contributed by atoms with Gasteiger partial charge in [0.15, 0.2) is 0 Å². The number of fused-ring (bicyclic) bond motifs is 1. The van der Waals surface area contributed by atoms with E-state index in [1.165, 1.54) is 12.1 Å². The molecule has 3 aromatic carbocycles. The molecule has 0 aliphatic heterocycles. The molecular formula is C17H15NO3S. The highest BCUT2D eigenvalue weighted by atomic mass is 32.2. The average molecular weight is 313 g/mol. The van der Waals surface area contributed by atoms with Crippen LogP contribution >= 0.6 is 0 Å². The van der Waals surface area contributed by atoms with Crippen LogP contribution in [0, 0.1) is 0 Å². The van der Waals surface area contributed by atoms with E-state index in [0.717, 1.165) is 16.3 Å². The number of rotatable bonds is 4. The van der Waals surface area contributed by atoms with E-state index in [2.05, 4.69) is 5.32 Å². The van der Waals surface area contributed by atoms with Crippen LogP contribution in [0.1, 0.15) is 5.56 Å². The van der Waals surface area contributed by atoms with Crippen LogP contribution in [0.15, 0.2) is 71.6 Å². The van der Waals surface area contributed by atoms with Crippen molar-refractivity contribution in [2.24, 2.45) is 0 Å². The molecule has 5 heteroatoms. The lowest BCUT2D eigenvalue weighted by molar-refractivity contribution is 0.483. The fourth-order valence-corrected chi connectivity index (χ4v) is 2.91. The van der Waals surface area contributed by atoms with Crippen molar-refractivity contribution in [2.45, 2.75) is 11.4 Å². The molecule has 0 bridgehead atoms. The molecule has 0 fully saturated rings. The van der Waals surface area contributed by atoms with Crippen LogP contribution < -0.4 is 5.32 Å². The molecule has 3 aromatic rings. The lowest BCUT2D eigenvalue weighted by Gasteiger charge is -2.12. The third kappa shape index (κ3) is 3.10. The van der Waals surface area contributed by atoms with Crippen LogP contribution in [0.2, 0.25) is 0 Å². The summed E-state index contributed by atoms with van der Waals surface area (Å²) in [6.45, 7) is 0.569. The minimum absolute atomic E-state index is 0.109. The first-order chi connectivity index (χ1) is 10.5. The van der Waals surface area contributed by atoms with E-state index in [4.69, 9.17) is 0 Å². The molecule has 22 heavy (non-hydrogen) atoms. The average Bonchev–Trinajstić information content (AvgIpc) is 2.52. The zero-order valence-electron chi connectivity index (χ0n) is 11.7. The third-order valence-electron chi connectivity index (χ3n) is 3.46. The Labute approximate surface area is 129 Å². The monoisotopic (exact) mass is 313 g/mol. The SMILES string of the molecule is O=S(=O)(O)c1cc(NCc2ccccc2)c2ccccc2c1. The van der Waals surface area contributed by atoms with Gasteiger partial charge in [-0.05, 0) is 23.1 Å². The zero-order valence-corrected chi connectivity index (χ0v) is 12.5. The van der Waals surface area contributed by atoms with Gasteiger partial charge in [-0.1, -0.05) is 54.6 Å². The summed E-state index contributed by atoms with van der Waals surface area (Å²) in [5, 5.41) is 4.91. The zero-order chi connectivity index (χ0) is 15.6. The highest BCUT2D eigenvalue weighted by molar-refractivity contribution is 7.85. The van der Waals surface area contributed by atoms with Gasteiger partial charge in [-0.15, -0.1) is 0 Å². The predicted molar refractivity (Wildman–Crippen MR) is 87.5 cm³/mol. The van der Waals surface area contributed by atoms with E-state index < -0.39 is 10.1 Å². The third-order valence-corrected chi connectivity index (χ3v) is 4.29. The highest BCUT2D eigenvalue weighted by Gasteiger charge is 2.13. The van der Waals surface area contributed by atoms with Crippen LogP contribution in [0.3, 0.4) is 0 Å². The Morgan fingerprint density at radius 3 is 2.32 bits per heavy atom. The second-order valence-electron chi connectivity index (χ2n) is 5.01. The van der Waals surface area contributed by atoms with Crippen LogP contribution in [0.5, 0.6) is 0 Å². The van der Waals surface area contributed by atoms with Crippen molar-refractivity contribution in [1.29, 1.82) is 0 Å². The van der Waals surface area contributed by atoms with Gasteiger partial charge in [-0.3, -0.25) is 4.55 Å². The van der Waals surface area contributed by atoms with Crippen molar-refractivity contribution in [3.63, 3.8) is 0 Å². The van der Waals surface area contributed by atoms with E-state index in [-0.39, 0.29) is 4.90 Å². The molecule has 0 atom stereocenters. The number of benzene rings is 3. The quantitative estimate of drug-likeness (QED) is 0.721. The van der Waals surface area contributed by atoms with Crippen molar-refractivity contribution in [3.05, 3.63) is 72.3 Å². The summed E-state index contributed by atoms with van der Waals surface area (Å²) in [5.74, 6) is 0. The molecule has 2 N–H and O–H groups in total. The molecule has 0 heterocycles. The summed E-state index contributed by atoms with van der Waals surface area (Å²) in [4.78, 5) is -0.109. The van der Waals surface area contributed by atoms with E-state index in [1.807, 2.05) is 54.6 Å². The molecule has 0 aromatic heterocycles. The summed E-state index contributed by atoms with van der Waals surface area (Å²) in [7, 11) is -4.24. The second kappa shape index (κ2) is 5.79. The molecule has 0 saturated heterocycles. The fourth-order valence-electron chi connectivity index (χ4n) is 2.37. The van der Waals surface area contributed by atoms with Gasteiger partial charge < -0.3 is 5.32 Å². The van der Waals surface area contributed by atoms with Crippen LogP contribution in [0.4, 0.5) is 5.69 Å². The van der Waals surface area contributed by atoms with E-state index in [1.54, 1.807) is 0 Å². The summed E-state index contributed by atoms with van der Waals surface area (Å²) < 4.78 is 32.2. The maximum atomic E-state index is 11.4. The summed E-state index contributed by atoms with van der Waals surface area (Å²) in [5.41, 5.74) is 1.76. The molecule has 0 radical (unpaired) electrons. The summed E-state index contributed by atoms with van der Waals surface area (Å²) in [6, 6.07) is 20.2. The van der Waals surface area contributed by atoms with Crippen molar-refractivity contribution in [2.75, 3.05) is 5.32 Å². The molecule has 3 rings (SSSR count). The topological polar surface area (TPSA) is 66.4 Å². The first-order valence-corrected chi connectivity index (χ1v) is 8.26. The minimum Gasteiger partial charge on any atom is -0.380 e. The largest absolute Gasteiger partial charge is 0.380 e. The van der Waals surface area contributed by atoms with E-state index in [9.17, 15) is 13.0 Å². The van der Waals surface area contributed by atoms with Gasteiger partial charge in [0.05, 0.1) is 4.90 Å². The minimum atomic E-state index is -4.24. The Morgan fingerprint density at radius 1 is 0.909 bits per heavy atom. The van der Waals surface area contributed by atoms with Crippen molar-refractivity contribution in [3.8, 4) is 0 Å². The maximum absolute atomic E-state index is 11.4. The van der Waals surface area contributed by atoms with Crippen LogP contribution in [0.25, 0.3) is 10.8 Å². The standard InChI is InChI=1S/C17H15NO3S/c19-22(20,21)15-10-14-8-4-5-9-16(14)17(11-15)18-12-13-6-2-1-3-7-13/h1-11,18H,12H2,(H,19,20,21). The predicted octanol–water partition coefficient (Wildman–Crippen LogP) is 3.70. The molecule has 0 saturated carbocycles. The van der Waals surface area contributed by atoms with Gasteiger partial charge in [-0.2, -0.15) is 8.42 Å². The van der Waals surface area contributed by atoms with Gasteiger partial charge in [0.25, 0.3) is 10.1 Å². The van der Waals surface area contributed by atoms with Gasteiger partial charge >= 0.3 is 0 Å². The Kier molecular flexibility index (Phi) is 3.83. The number of hydrogen-bond acceptors (Lipinski definition) is 3. The van der Waals surface area contributed by atoms with Crippen molar-refractivity contribution >= 4 is 26.6 Å². The lowest BCUT2D eigenvalue weighted by atomic mass is 10.1. The smallest absolute Gasteiger partial charge is 0.294 e. The highest BCUT2D eigenvalue weighted by Crippen LogP contribution is 2.28. The summed E-state index contributed by atoms with van der Waals surface area (Å²) in [6.07, 6.45) is 0. The van der Waals surface area contributed by atoms with Gasteiger partial charge in [0.1, 0.15) is 0 Å². The number of nitrogens with one attached hydrogen (secondary N) is 1. The molecule has 4 nitrogen and oxygen atoms in total. The lowest BCUT2D eigenvalue weighted by Crippen LogP contribution is -2.03. The van der Waals surface area contributed by atoms with Crippen LogP contribution in [-0.2, 0) is 16.7 Å². The normalized spacial score (nSPS) is 11.5. The Balaban J connectivity index is 2.03. The fraction of sp³-hybridized carbons (Fsp3) is 0.0588. The molecule has 0 spiro atoms. The summed E-state index contributed by atoms with van der Waals surface area (Å²) >= 11 is 0. The molecule has 112 valence electrons. The second-order valence-corrected chi connectivity index (χ2v) is 6.43. The molecule has 0 unspecified atom stereocenters. The Morgan fingerprint density at radius 2 is 1.59 bits per heavy atom. The van der Waals surface area contributed by atoms with E-state index in [0.29, 0.717) is 12.2 Å². The number of anilines is 1. The van der Waals surface area contributed by atoms with Crippen LogP contribution in [-0.4, -0.2) is 13.0 Å². The van der Waals surface area contributed by atoms with Gasteiger partial charge in [0, 0.05) is 17.6 Å². The first-order valence-electron chi connectivity index (χ1n) is 6.82. The number of hydrogen-bond donors (Lipinski definition) is 2. The molecule has 0 aliphatic carbocycles. The van der Waals surface area contributed by atoms with Crippen molar-refractivity contribution < 1.29 is 13.0 Å². The molecule has 0 aliphatic rings.